The molecule has 22 heavy (non-hydrogen) atoms. The van der Waals surface area contributed by atoms with Crippen LogP contribution in [0.15, 0.2) is 29.8 Å². The second kappa shape index (κ2) is 7.32. The molecule has 1 fully saturated rings. The zero-order valence-electron chi connectivity index (χ0n) is 13.6. The molecule has 3 atom stereocenters. The summed E-state index contributed by atoms with van der Waals surface area (Å²) < 4.78 is 0. The number of hydrogen-bond acceptors (Lipinski definition) is 1. The highest BCUT2D eigenvalue weighted by Crippen LogP contribution is 2.42. The van der Waals surface area contributed by atoms with Crippen molar-refractivity contribution in [3.8, 4) is 0 Å². The van der Waals surface area contributed by atoms with Gasteiger partial charge in [-0.2, -0.15) is 0 Å². The van der Waals surface area contributed by atoms with Crippen LogP contribution in [-0.2, 0) is 4.79 Å². The van der Waals surface area contributed by atoms with Gasteiger partial charge in [-0.3, -0.25) is 0 Å². The maximum absolute atomic E-state index is 11.9. The Labute approximate surface area is 138 Å². The predicted molar refractivity (Wildman–Crippen MR) is 91.9 cm³/mol. The number of rotatable bonds is 4. The van der Waals surface area contributed by atoms with E-state index in [9.17, 15) is 9.90 Å². The Morgan fingerprint density at radius 1 is 1.32 bits per heavy atom. The van der Waals surface area contributed by atoms with Crippen LogP contribution in [0.3, 0.4) is 0 Å². The van der Waals surface area contributed by atoms with Crippen molar-refractivity contribution in [1.29, 1.82) is 0 Å². The van der Waals surface area contributed by atoms with E-state index < -0.39 is 5.97 Å². The number of carbonyl (C=O) groups is 1. The average molecular weight is 321 g/mol. The standard InChI is InChI=1S/C19H25ClO2/c1-12(2)15-9-8-13(3)10-16(15)17(19(21)22)11-14-6-4-5-7-18(14)20/h4-7,11-13,15-16H,8-10H2,1-3H3,(H,21,22)/t13-,15+,16-/m0/s1. The van der Waals surface area contributed by atoms with E-state index in [1.165, 1.54) is 6.42 Å². The molecule has 0 saturated heterocycles. The maximum Gasteiger partial charge on any atom is 0.331 e. The van der Waals surface area contributed by atoms with Gasteiger partial charge >= 0.3 is 5.97 Å². The fourth-order valence-corrected chi connectivity index (χ4v) is 3.84. The Hall–Kier alpha value is -1.28. The summed E-state index contributed by atoms with van der Waals surface area (Å²) in [4.78, 5) is 11.9. The molecule has 1 aliphatic rings. The molecule has 0 heterocycles. The topological polar surface area (TPSA) is 37.3 Å². The zero-order chi connectivity index (χ0) is 16.3. The molecule has 0 aliphatic heterocycles. The summed E-state index contributed by atoms with van der Waals surface area (Å²) in [5.74, 6) is 0.795. The van der Waals surface area contributed by atoms with Crippen LogP contribution in [-0.4, -0.2) is 11.1 Å². The van der Waals surface area contributed by atoms with Gasteiger partial charge in [0, 0.05) is 10.6 Å². The highest BCUT2D eigenvalue weighted by atomic mass is 35.5. The lowest BCUT2D eigenvalue weighted by atomic mass is 9.67. The Morgan fingerprint density at radius 3 is 2.59 bits per heavy atom. The highest BCUT2D eigenvalue weighted by molar-refractivity contribution is 6.32. The summed E-state index contributed by atoms with van der Waals surface area (Å²) in [7, 11) is 0. The molecule has 1 aromatic carbocycles. The van der Waals surface area contributed by atoms with E-state index >= 15 is 0 Å². The van der Waals surface area contributed by atoms with Gasteiger partial charge in [0.05, 0.1) is 0 Å². The molecule has 0 bridgehead atoms. The van der Waals surface area contributed by atoms with Crippen LogP contribution in [0.4, 0.5) is 0 Å². The van der Waals surface area contributed by atoms with Gasteiger partial charge in [0.1, 0.15) is 0 Å². The maximum atomic E-state index is 11.9. The fraction of sp³-hybridized carbons (Fsp3) is 0.526. The lowest BCUT2D eigenvalue weighted by Gasteiger charge is -2.37. The van der Waals surface area contributed by atoms with Gasteiger partial charge in [-0.15, -0.1) is 0 Å². The van der Waals surface area contributed by atoms with E-state index in [2.05, 4.69) is 20.8 Å². The lowest BCUT2D eigenvalue weighted by Crippen LogP contribution is -2.31. The van der Waals surface area contributed by atoms with Crippen LogP contribution < -0.4 is 0 Å². The number of carboxylic acid groups (broad SMARTS) is 1. The van der Waals surface area contributed by atoms with E-state index in [0.29, 0.717) is 28.3 Å². The van der Waals surface area contributed by atoms with Crippen LogP contribution in [0.5, 0.6) is 0 Å². The summed E-state index contributed by atoms with van der Waals surface area (Å²) in [6.45, 7) is 6.61. The monoisotopic (exact) mass is 320 g/mol. The summed E-state index contributed by atoms with van der Waals surface area (Å²) in [5.41, 5.74) is 1.31. The number of halogens is 1. The second-order valence-electron chi connectivity index (χ2n) is 6.86. The summed E-state index contributed by atoms with van der Waals surface area (Å²) >= 11 is 6.20. The first kappa shape index (κ1) is 17.1. The van der Waals surface area contributed by atoms with E-state index in [-0.39, 0.29) is 5.92 Å². The Morgan fingerprint density at radius 2 is 2.00 bits per heavy atom. The zero-order valence-corrected chi connectivity index (χ0v) is 14.3. The van der Waals surface area contributed by atoms with E-state index in [1.807, 2.05) is 18.2 Å². The van der Waals surface area contributed by atoms with Crippen molar-refractivity contribution in [2.24, 2.45) is 23.7 Å². The van der Waals surface area contributed by atoms with Gasteiger partial charge in [0.15, 0.2) is 0 Å². The molecular formula is C19H25ClO2. The fourth-order valence-electron chi connectivity index (χ4n) is 3.65. The smallest absolute Gasteiger partial charge is 0.331 e. The second-order valence-corrected chi connectivity index (χ2v) is 7.27. The van der Waals surface area contributed by atoms with Crippen molar-refractivity contribution < 1.29 is 9.90 Å². The SMILES string of the molecule is CC(C)[C@H]1CC[C@H](C)C[C@@H]1C(=Cc1ccccc1Cl)C(=O)O. The van der Waals surface area contributed by atoms with Gasteiger partial charge in [0.2, 0.25) is 0 Å². The van der Waals surface area contributed by atoms with Gasteiger partial charge in [-0.25, -0.2) is 4.79 Å². The summed E-state index contributed by atoms with van der Waals surface area (Å²) in [6.07, 6.45) is 5.03. The number of carboxylic acids is 1. The van der Waals surface area contributed by atoms with Crippen LogP contribution >= 0.6 is 11.6 Å². The molecule has 1 aliphatic carbocycles. The molecule has 2 nitrogen and oxygen atoms in total. The Balaban J connectivity index is 2.41. The first-order chi connectivity index (χ1) is 10.4. The third-order valence-corrected chi connectivity index (χ3v) is 5.23. The van der Waals surface area contributed by atoms with Gasteiger partial charge < -0.3 is 5.11 Å². The van der Waals surface area contributed by atoms with Crippen molar-refractivity contribution in [3.05, 3.63) is 40.4 Å². The number of aliphatic carboxylic acids is 1. The van der Waals surface area contributed by atoms with E-state index in [0.717, 1.165) is 18.4 Å². The number of benzene rings is 1. The Kier molecular flexibility index (Phi) is 5.69. The minimum atomic E-state index is -0.815. The van der Waals surface area contributed by atoms with Crippen LogP contribution in [0.1, 0.15) is 45.6 Å². The molecule has 0 radical (unpaired) electrons. The summed E-state index contributed by atoms with van der Waals surface area (Å²) in [6, 6.07) is 7.43. The quantitative estimate of drug-likeness (QED) is 0.742. The molecule has 3 heteroatoms. The third kappa shape index (κ3) is 3.92. The minimum Gasteiger partial charge on any atom is -0.478 e. The van der Waals surface area contributed by atoms with E-state index in [4.69, 9.17) is 11.6 Å². The van der Waals surface area contributed by atoms with Gasteiger partial charge in [-0.05, 0) is 54.2 Å². The van der Waals surface area contributed by atoms with Crippen LogP contribution in [0.25, 0.3) is 6.08 Å². The van der Waals surface area contributed by atoms with Crippen molar-refractivity contribution in [2.45, 2.75) is 40.0 Å². The van der Waals surface area contributed by atoms with Crippen molar-refractivity contribution in [3.63, 3.8) is 0 Å². The predicted octanol–water partition coefficient (Wildman–Crippen LogP) is 5.52. The average Bonchev–Trinajstić information content (AvgIpc) is 2.45. The Bertz CT molecular complexity index is 562. The minimum absolute atomic E-state index is 0.109. The van der Waals surface area contributed by atoms with Crippen LogP contribution in [0, 0.1) is 23.7 Å². The largest absolute Gasteiger partial charge is 0.478 e. The molecule has 1 saturated carbocycles. The summed E-state index contributed by atoms with van der Waals surface area (Å²) in [5, 5.41) is 10.4. The van der Waals surface area contributed by atoms with Crippen molar-refractivity contribution in [2.75, 3.05) is 0 Å². The molecule has 0 unspecified atom stereocenters. The molecule has 0 spiro atoms. The molecule has 1 N–H and O–H groups in total. The normalized spacial score (nSPS) is 26.2. The van der Waals surface area contributed by atoms with Gasteiger partial charge in [-0.1, -0.05) is 57.0 Å². The molecule has 1 aromatic rings. The molecule has 120 valence electrons. The first-order valence-electron chi connectivity index (χ1n) is 8.09. The van der Waals surface area contributed by atoms with Gasteiger partial charge in [0.25, 0.3) is 0 Å². The highest BCUT2D eigenvalue weighted by Gasteiger charge is 2.35. The lowest BCUT2D eigenvalue weighted by molar-refractivity contribution is -0.133. The first-order valence-corrected chi connectivity index (χ1v) is 8.47. The van der Waals surface area contributed by atoms with Crippen molar-refractivity contribution in [1.82, 2.24) is 0 Å². The number of hydrogen-bond donors (Lipinski definition) is 1. The van der Waals surface area contributed by atoms with Crippen molar-refractivity contribution >= 4 is 23.6 Å². The molecular weight excluding hydrogens is 296 g/mol. The van der Waals surface area contributed by atoms with Crippen LogP contribution in [0.2, 0.25) is 5.02 Å². The van der Waals surface area contributed by atoms with E-state index in [1.54, 1.807) is 12.1 Å². The molecule has 0 aromatic heterocycles. The molecule has 2 rings (SSSR count). The molecule has 0 amide bonds. The third-order valence-electron chi connectivity index (χ3n) is 4.88.